The zero-order valence-corrected chi connectivity index (χ0v) is 12.3. The molecule has 0 radical (unpaired) electrons. The highest BCUT2D eigenvalue weighted by atomic mass is 32.2. The van der Waals surface area contributed by atoms with E-state index in [2.05, 4.69) is 4.98 Å². The summed E-state index contributed by atoms with van der Waals surface area (Å²) in [6.45, 7) is 4.01. The van der Waals surface area contributed by atoms with Crippen molar-refractivity contribution in [1.82, 2.24) is 13.9 Å². The van der Waals surface area contributed by atoms with Gasteiger partial charge in [0.25, 0.3) is 10.0 Å². The topological polar surface area (TPSA) is 72.3 Å². The lowest BCUT2D eigenvalue weighted by atomic mass is 9.96. The second kappa shape index (κ2) is 5.05. The minimum absolute atomic E-state index is 0.0529. The molecule has 0 amide bonds. The maximum atomic E-state index is 12.5. The van der Waals surface area contributed by atoms with Crippen LogP contribution in [0.15, 0.2) is 11.2 Å². The third-order valence-electron chi connectivity index (χ3n) is 3.65. The van der Waals surface area contributed by atoms with Crippen molar-refractivity contribution in [3.8, 4) is 0 Å². The van der Waals surface area contributed by atoms with Crippen LogP contribution in [0.25, 0.3) is 0 Å². The van der Waals surface area contributed by atoms with Crippen molar-refractivity contribution in [2.75, 3.05) is 13.1 Å². The molecule has 0 saturated carbocycles. The van der Waals surface area contributed by atoms with Gasteiger partial charge in [0.05, 0.1) is 0 Å². The summed E-state index contributed by atoms with van der Waals surface area (Å²) in [5.41, 5.74) is 0. The highest BCUT2D eigenvalue weighted by Crippen LogP contribution is 2.23. The highest BCUT2D eigenvalue weighted by Gasteiger charge is 2.33. The standard InChI is InChI=1S/C12H19N3O3S/c1-9(16)11-5-4-6-15(7-11)19(17,18)12-8-14(3)10(2)13-12/h8,11H,4-7H2,1-3H3. The van der Waals surface area contributed by atoms with Gasteiger partial charge in [0.2, 0.25) is 0 Å². The Bertz CT molecular complexity index is 572. The number of imidazole rings is 1. The van der Waals surface area contributed by atoms with Crippen molar-refractivity contribution in [3.05, 3.63) is 12.0 Å². The Labute approximate surface area is 113 Å². The Morgan fingerprint density at radius 2 is 2.16 bits per heavy atom. The normalized spacial score (nSPS) is 21.5. The minimum atomic E-state index is -3.58. The van der Waals surface area contributed by atoms with Gasteiger partial charge in [-0.3, -0.25) is 4.79 Å². The van der Waals surface area contributed by atoms with Crippen LogP contribution in [0.3, 0.4) is 0 Å². The number of hydrogen-bond donors (Lipinski definition) is 0. The molecule has 1 aromatic heterocycles. The number of aromatic nitrogens is 2. The number of Topliss-reactive ketones (excluding diaryl/α,β-unsaturated/α-hetero) is 1. The average Bonchev–Trinajstić information content (AvgIpc) is 2.70. The second-order valence-electron chi connectivity index (χ2n) is 5.05. The largest absolute Gasteiger partial charge is 0.337 e. The molecule has 1 atom stereocenters. The number of rotatable bonds is 3. The molecule has 0 bridgehead atoms. The number of ketones is 1. The predicted octanol–water partition coefficient (Wildman–Crippen LogP) is 0.718. The molecule has 2 heterocycles. The monoisotopic (exact) mass is 285 g/mol. The van der Waals surface area contributed by atoms with Crippen molar-refractivity contribution in [1.29, 1.82) is 0 Å². The Morgan fingerprint density at radius 1 is 1.47 bits per heavy atom. The van der Waals surface area contributed by atoms with E-state index >= 15 is 0 Å². The van der Waals surface area contributed by atoms with E-state index in [1.54, 1.807) is 18.5 Å². The van der Waals surface area contributed by atoms with Gasteiger partial charge < -0.3 is 4.57 Å². The summed E-state index contributed by atoms with van der Waals surface area (Å²) in [4.78, 5) is 15.5. The number of piperidine rings is 1. The van der Waals surface area contributed by atoms with Gasteiger partial charge in [-0.15, -0.1) is 0 Å². The molecule has 106 valence electrons. The molecular formula is C12H19N3O3S. The van der Waals surface area contributed by atoms with Crippen LogP contribution in [0, 0.1) is 12.8 Å². The van der Waals surface area contributed by atoms with Crippen molar-refractivity contribution < 1.29 is 13.2 Å². The molecule has 1 fully saturated rings. The van der Waals surface area contributed by atoms with Gasteiger partial charge in [0, 0.05) is 32.3 Å². The third-order valence-corrected chi connectivity index (χ3v) is 5.39. The van der Waals surface area contributed by atoms with Crippen LogP contribution in [-0.2, 0) is 21.9 Å². The van der Waals surface area contributed by atoms with E-state index in [0.29, 0.717) is 12.4 Å². The van der Waals surface area contributed by atoms with E-state index in [1.807, 2.05) is 0 Å². The van der Waals surface area contributed by atoms with Crippen LogP contribution in [0.2, 0.25) is 0 Å². The number of sulfonamides is 1. The van der Waals surface area contributed by atoms with Gasteiger partial charge in [-0.25, -0.2) is 13.4 Å². The molecule has 1 unspecified atom stereocenters. The first-order valence-electron chi connectivity index (χ1n) is 6.33. The van der Waals surface area contributed by atoms with Crippen LogP contribution in [0.1, 0.15) is 25.6 Å². The molecule has 7 heteroatoms. The lowest BCUT2D eigenvalue weighted by Crippen LogP contribution is -2.41. The van der Waals surface area contributed by atoms with E-state index in [4.69, 9.17) is 0 Å². The number of nitrogens with zero attached hydrogens (tertiary/aromatic N) is 3. The first-order chi connectivity index (χ1) is 8.82. The average molecular weight is 285 g/mol. The van der Waals surface area contributed by atoms with Crippen LogP contribution in [0.5, 0.6) is 0 Å². The van der Waals surface area contributed by atoms with Crippen LogP contribution >= 0.6 is 0 Å². The summed E-state index contributed by atoms with van der Waals surface area (Å²) in [6.07, 6.45) is 3.00. The summed E-state index contributed by atoms with van der Waals surface area (Å²) >= 11 is 0. The molecule has 0 aromatic carbocycles. The Hall–Kier alpha value is -1.21. The van der Waals surface area contributed by atoms with E-state index < -0.39 is 10.0 Å². The predicted molar refractivity (Wildman–Crippen MR) is 70.1 cm³/mol. The van der Waals surface area contributed by atoms with Gasteiger partial charge in [-0.2, -0.15) is 4.31 Å². The number of carbonyl (C=O) groups is 1. The summed E-state index contributed by atoms with van der Waals surface area (Å²) in [6, 6.07) is 0. The number of aryl methyl sites for hydroxylation is 2. The number of carbonyl (C=O) groups excluding carboxylic acids is 1. The van der Waals surface area contributed by atoms with Crippen molar-refractivity contribution in [3.63, 3.8) is 0 Å². The first kappa shape index (κ1) is 14.2. The van der Waals surface area contributed by atoms with Crippen molar-refractivity contribution in [2.45, 2.75) is 31.7 Å². The quantitative estimate of drug-likeness (QED) is 0.820. The van der Waals surface area contributed by atoms with E-state index in [9.17, 15) is 13.2 Å². The molecule has 19 heavy (non-hydrogen) atoms. The molecule has 0 N–H and O–H groups in total. The molecule has 6 nitrogen and oxygen atoms in total. The molecule has 0 aliphatic carbocycles. The van der Waals surface area contributed by atoms with Gasteiger partial charge in [0.1, 0.15) is 11.6 Å². The maximum Gasteiger partial charge on any atom is 0.262 e. The smallest absolute Gasteiger partial charge is 0.262 e. The van der Waals surface area contributed by atoms with Gasteiger partial charge in [0.15, 0.2) is 5.03 Å². The number of hydrogen-bond acceptors (Lipinski definition) is 4. The summed E-state index contributed by atoms with van der Waals surface area (Å²) in [7, 11) is -1.82. The zero-order valence-electron chi connectivity index (χ0n) is 11.5. The van der Waals surface area contributed by atoms with Crippen LogP contribution < -0.4 is 0 Å². The highest BCUT2D eigenvalue weighted by molar-refractivity contribution is 7.89. The maximum absolute atomic E-state index is 12.5. The first-order valence-corrected chi connectivity index (χ1v) is 7.77. The molecule has 1 aliphatic rings. The molecule has 1 saturated heterocycles. The lowest BCUT2D eigenvalue weighted by molar-refractivity contribution is -0.121. The van der Waals surface area contributed by atoms with E-state index in [-0.39, 0.29) is 23.3 Å². The summed E-state index contributed by atoms with van der Waals surface area (Å²) in [5, 5.41) is 0.0664. The van der Waals surface area contributed by atoms with Gasteiger partial charge in [-0.05, 0) is 26.7 Å². The molecule has 2 rings (SSSR count). The van der Waals surface area contributed by atoms with Gasteiger partial charge >= 0.3 is 0 Å². The summed E-state index contributed by atoms with van der Waals surface area (Å²) < 4.78 is 28.0. The summed E-state index contributed by atoms with van der Waals surface area (Å²) in [5.74, 6) is 0.518. The van der Waals surface area contributed by atoms with Crippen LogP contribution in [0.4, 0.5) is 0 Å². The second-order valence-corrected chi connectivity index (χ2v) is 6.93. The molecule has 1 aromatic rings. The fourth-order valence-corrected chi connectivity index (χ4v) is 3.82. The van der Waals surface area contributed by atoms with Crippen LogP contribution in [-0.4, -0.2) is 41.1 Å². The van der Waals surface area contributed by atoms with Crippen molar-refractivity contribution in [2.24, 2.45) is 13.0 Å². The third kappa shape index (κ3) is 2.71. The minimum Gasteiger partial charge on any atom is -0.337 e. The fraction of sp³-hybridized carbons (Fsp3) is 0.667. The molecule has 0 spiro atoms. The molecule has 1 aliphatic heterocycles. The van der Waals surface area contributed by atoms with E-state index in [1.165, 1.54) is 17.4 Å². The van der Waals surface area contributed by atoms with Gasteiger partial charge in [-0.1, -0.05) is 0 Å². The van der Waals surface area contributed by atoms with Crippen molar-refractivity contribution >= 4 is 15.8 Å². The van der Waals surface area contributed by atoms with E-state index in [0.717, 1.165) is 12.8 Å². The molecular weight excluding hydrogens is 266 g/mol. The Kier molecular flexibility index (Phi) is 3.78. The Morgan fingerprint density at radius 3 is 2.68 bits per heavy atom. The lowest BCUT2D eigenvalue weighted by Gasteiger charge is -2.29. The zero-order chi connectivity index (χ0) is 14.2. The SMILES string of the molecule is CC(=O)C1CCCN(S(=O)(=O)c2cn(C)c(C)n2)C1. The fourth-order valence-electron chi connectivity index (χ4n) is 2.28. The Balaban J connectivity index is 2.26.